The normalized spacial score (nSPS) is 11.6. The minimum absolute atomic E-state index is 0.239. The van der Waals surface area contributed by atoms with Crippen molar-refractivity contribution in [1.29, 1.82) is 0 Å². The van der Waals surface area contributed by atoms with Crippen LogP contribution >= 0.6 is 0 Å². The van der Waals surface area contributed by atoms with Crippen molar-refractivity contribution in [1.82, 2.24) is 0 Å². The average Bonchev–Trinajstić information content (AvgIpc) is 2.43. The van der Waals surface area contributed by atoms with E-state index in [1.165, 1.54) is 0 Å². The third-order valence-corrected chi connectivity index (χ3v) is 3.50. The van der Waals surface area contributed by atoms with E-state index in [1.807, 2.05) is 0 Å². The molecule has 0 aliphatic heterocycles. The van der Waals surface area contributed by atoms with Gasteiger partial charge in [0.05, 0.1) is 4.92 Å². The summed E-state index contributed by atoms with van der Waals surface area (Å²) in [7, 11) is 0. The Morgan fingerprint density at radius 2 is 1.57 bits per heavy atom. The summed E-state index contributed by atoms with van der Waals surface area (Å²) in [6.07, 6.45) is 12.2. The van der Waals surface area contributed by atoms with Crippen LogP contribution in [0.15, 0.2) is 11.8 Å². The summed E-state index contributed by atoms with van der Waals surface area (Å²) >= 11 is 0. The lowest BCUT2D eigenvalue weighted by Gasteiger charge is -2.00. The molecule has 5 nitrogen and oxygen atoms in total. The number of allylic oxidation sites excluding steroid dienone is 2. The first-order chi connectivity index (χ1) is 10.1. The number of nitro groups is 1. The minimum Gasteiger partial charge on any atom is -0.481 e. The van der Waals surface area contributed by atoms with Gasteiger partial charge < -0.3 is 5.11 Å². The highest BCUT2D eigenvalue weighted by atomic mass is 16.6. The molecular formula is C16H29NO4. The van der Waals surface area contributed by atoms with Crippen LogP contribution in [-0.2, 0) is 4.79 Å². The van der Waals surface area contributed by atoms with Crippen LogP contribution in [0.25, 0.3) is 0 Å². The molecular weight excluding hydrogens is 270 g/mol. The van der Waals surface area contributed by atoms with Gasteiger partial charge in [0.25, 0.3) is 0 Å². The van der Waals surface area contributed by atoms with Gasteiger partial charge in [0.1, 0.15) is 0 Å². The molecule has 0 rings (SSSR count). The average molecular weight is 299 g/mol. The molecule has 0 unspecified atom stereocenters. The zero-order chi connectivity index (χ0) is 15.9. The molecule has 1 N–H and O–H groups in total. The maximum Gasteiger partial charge on any atom is 0.303 e. The van der Waals surface area contributed by atoms with E-state index in [-0.39, 0.29) is 11.3 Å². The smallest absolute Gasteiger partial charge is 0.303 e. The number of nitrogens with zero attached hydrogens (tertiary/aromatic N) is 1. The van der Waals surface area contributed by atoms with Gasteiger partial charge in [-0.3, -0.25) is 14.9 Å². The quantitative estimate of drug-likeness (QED) is 0.280. The summed E-state index contributed by atoms with van der Waals surface area (Å²) in [5.74, 6) is -0.739. The molecule has 5 heteroatoms. The monoisotopic (exact) mass is 299 g/mol. The molecule has 0 saturated carbocycles. The van der Waals surface area contributed by atoms with Crippen molar-refractivity contribution in [3.63, 3.8) is 0 Å². The van der Waals surface area contributed by atoms with Crippen molar-refractivity contribution in [2.45, 2.75) is 84.0 Å². The Bertz CT molecular complexity index is 326. The second-order valence-corrected chi connectivity index (χ2v) is 5.46. The number of hydrogen-bond donors (Lipinski definition) is 1. The van der Waals surface area contributed by atoms with Crippen molar-refractivity contribution in [3.05, 3.63) is 21.9 Å². The number of carboxylic acids is 1. The summed E-state index contributed by atoms with van der Waals surface area (Å²) in [5.41, 5.74) is 0.358. The molecule has 0 aromatic heterocycles. The van der Waals surface area contributed by atoms with Crippen molar-refractivity contribution >= 4 is 5.97 Å². The van der Waals surface area contributed by atoms with E-state index < -0.39 is 5.97 Å². The Labute approximate surface area is 127 Å². The molecule has 0 saturated heterocycles. The van der Waals surface area contributed by atoms with Crippen LogP contribution in [0.2, 0.25) is 0 Å². The Morgan fingerprint density at radius 3 is 2.19 bits per heavy atom. The maximum absolute atomic E-state index is 10.9. The molecule has 0 aromatic carbocycles. The van der Waals surface area contributed by atoms with Crippen molar-refractivity contribution in [3.8, 4) is 0 Å². The van der Waals surface area contributed by atoms with Gasteiger partial charge in [0.2, 0.25) is 5.70 Å². The standard InChI is InChI=1S/C16H29NO4/c1-2-3-4-9-12-15(17(20)21)13-10-7-5-6-8-11-14-16(18)19/h13H,2-12,14H2,1H3,(H,18,19)/b15-13-. The number of carbonyl (C=O) groups is 1. The number of aliphatic carboxylic acids is 1. The van der Waals surface area contributed by atoms with Crippen LogP contribution in [0.4, 0.5) is 0 Å². The largest absolute Gasteiger partial charge is 0.481 e. The predicted octanol–water partition coefficient (Wildman–Crippen LogP) is 4.93. The summed E-state index contributed by atoms with van der Waals surface area (Å²) in [6.45, 7) is 2.13. The Hall–Kier alpha value is -1.39. The van der Waals surface area contributed by atoms with Gasteiger partial charge in [-0.2, -0.15) is 0 Å². The van der Waals surface area contributed by atoms with E-state index in [1.54, 1.807) is 6.08 Å². The van der Waals surface area contributed by atoms with E-state index in [0.29, 0.717) is 12.1 Å². The van der Waals surface area contributed by atoms with Gasteiger partial charge in [-0.1, -0.05) is 45.4 Å². The lowest BCUT2D eigenvalue weighted by Crippen LogP contribution is -1.99. The zero-order valence-electron chi connectivity index (χ0n) is 13.2. The van der Waals surface area contributed by atoms with Gasteiger partial charge >= 0.3 is 5.97 Å². The fraction of sp³-hybridized carbons (Fsp3) is 0.812. The van der Waals surface area contributed by atoms with Crippen LogP contribution < -0.4 is 0 Å². The summed E-state index contributed by atoms with van der Waals surface area (Å²) in [5, 5.41) is 19.4. The molecule has 0 aromatic rings. The Morgan fingerprint density at radius 1 is 1.00 bits per heavy atom. The van der Waals surface area contributed by atoms with Crippen molar-refractivity contribution in [2.75, 3.05) is 0 Å². The Kier molecular flexibility index (Phi) is 12.7. The Balaban J connectivity index is 3.69. The number of rotatable bonds is 14. The van der Waals surface area contributed by atoms with Crippen LogP contribution in [0, 0.1) is 10.1 Å². The summed E-state index contributed by atoms with van der Waals surface area (Å²) in [6, 6.07) is 0. The highest BCUT2D eigenvalue weighted by molar-refractivity contribution is 5.66. The molecule has 0 spiro atoms. The maximum atomic E-state index is 10.9. The molecule has 0 atom stereocenters. The fourth-order valence-corrected chi connectivity index (χ4v) is 2.22. The van der Waals surface area contributed by atoms with Gasteiger partial charge in [-0.05, 0) is 31.8 Å². The predicted molar refractivity (Wildman–Crippen MR) is 83.8 cm³/mol. The van der Waals surface area contributed by atoms with Crippen LogP contribution in [-0.4, -0.2) is 16.0 Å². The second-order valence-electron chi connectivity index (χ2n) is 5.46. The van der Waals surface area contributed by atoms with Gasteiger partial charge in [0, 0.05) is 12.8 Å². The lowest BCUT2D eigenvalue weighted by atomic mass is 10.1. The van der Waals surface area contributed by atoms with Crippen molar-refractivity contribution < 1.29 is 14.8 Å². The molecule has 21 heavy (non-hydrogen) atoms. The van der Waals surface area contributed by atoms with E-state index in [2.05, 4.69) is 6.92 Å². The van der Waals surface area contributed by atoms with Gasteiger partial charge in [-0.25, -0.2) is 0 Å². The second kappa shape index (κ2) is 13.6. The van der Waals surface area contributed by atoms with Crippen molar-refractivity contribution in [2.24, 2.45) is 0 Å². The van der Waals surface area contributed by atoms with E-state index in [9.17, 15) is 14.9 Å². The fourth-order valence-electron chi connectivity index (χ4n) is 2.22. The minimum atomic E-state index is -0.739. The number of unbranched alkanes of at least 4 members (excludes halogenated alkanes) is 8. The third kappa shape index (κ3) is 13.4. The van der Waals surface area contributed by atoms with Crippen LogP contribution in [0.1, 0.15) is 84.0 Å². The molecule has 0 aliphatic carbocycles. The molecule has 0 amide bonds. The summed E-state index contributed by atoms with van der Waals surface area (Å²) in [4.78, 5) is 21.0. The first kappa shape index (κ1) is 19.6. The number of carboxylic acid groups (broad SMARTS) is 1. The first-order valence-electron chi connectivity index (χ1n) is 8.13. The van der Waals surface area contributed by atoms with Crippen LogP contribution in [0.5, 0.6) is 0 Å². The molecule has 0 bridgehead atoms. The highest BCUT2D eigenvalue weighted by Crippen LogP contribution is 2.14. The number of hydrogen-bond acceptors (Lipinski definition) is 3. The van der Waals surface area contributed by atoms with Crippen LogP contribution in [0.3, 0.4) is 0 Å². The molecule has 0 radical (unpaired) electrons. The first-order valence-corrected chi connectivity index (χ1v) is 8.13. The topological polar surface area (TPSA) is 80.4 Å². The van der Waals surface area contributed by atoms with E-state index in [4.69, 9.17) is 5.11 Å². The van der Waals surface area contributed by atoms with E-state index >= 15 is 0 Å². The molecule has 122 valence electrons. The SMILES string of the molecule is CCCCCC/C(=C/CCCCCCCC(=O)O)[N+](=O)[O-]. The zero-order valence-corrected chi connectivity index (χ0v) is 13.2. The van der Waals surface area contributed by atoms with Gasteiger partial charge in [0.15, 0.2) is 0 Å². The molecule has 0 heterocycles. The molecule has 0 fully saturated rings. The lowest BCUT2D eigenvalue weighted by molar-refractivity contribution is -0.428. The summed E-state index contributed by atoms with van der Waals surface area (Å²) < 4.78 is 0. The van der Waals surface area contributed by atoms with E-state index in [0.717, 1.165) is 64.2 Å². The van der Waals surface area contributed by atoms with Gasteiger partial charge in [-0.15, -0.1) is 0 Å². The molecule has 0 aliphatic rings. The highest BCUT2D eigenvalue weighted by Gasteiger charge is 2.09. The third-order valence-electron chi connectivity index (χ3n) is 3.50.